The van der Waals surface area contributed by atoms with Crippen LogP contribution in [0.15, 0.2) is 36.4 Å². The maximum atomic E-state index is 13.5. The number of amides is 2. The Hall–Kier alpha value is -3.98. The first kappa shape index (κ1) is 38.5. The molecule has 3 rings (SSSR count). The number of benzene rings is 2. The molecule has 1 aliphatic heterocycles. The lowest BCUT2D eigenvalue weighted by Gasteiger charge is -2.32. The summed E-state index contributed by atoms with van der Waals surface area (Å²) in [5.74, 6) is -2.14. The maximum absolute atomic E-state index is 13.5. The molecule has 0 spiro atoms. The summed E-state index contributed by atoms with van der Waals surface area (Å²) < 4.78 is 72.4. The summed E-state index contributed by atoms with van der Waals surface area (Å²) >= 11 is 0. The van der Waals surface area contributed by atoms with Gasteiger partial charge >= 0.3 is 25.5 Å². The largest absolute Gasteiger partial charge is 0.573 e. The van der Waals surface area contributed by atoms with Crippen LogP contribution < -0.4 is 25.6 Å². The zero-order chi connectivity index (χ0) is 36.5. The Morgan fingerprint density at radius 2 is 1.44 bits per heavy atom. The smallest absolute Gasteiger partial charge is 0.496 e. The van der Waals surface area contributed by atoms with Crippen molar-refractivity contribution in [3.63, 3.8) is 0 Å². The maximum Gasteiger partial charge on any atom is 0.573 e. The van der Waals surface area contributed by atoms with Gasteiger partial charge in [0.25, 0.3) is 5.91 Å². The van der Waals surface area contributed by atoms with E-state index < -0.39 is 71.2 Å². The lowest BCUT2D eigenvalue weighted by molar-refractivity contribution is -0.274. The van der Waals surface area contributed by atoms with E-state index in [1.54, 1.807) is 41.5 Å². The molecule has 0 aliphatic carbocycles. The van der Waals surface area contributed by atoms with Gasteiger partial charge in [-0.2, -0.15) is 0 Å². The highest BCUT2D eigenvalue weighted by Crippen LogP contribution is 2.37. The number of methoxy groups -OCH3 is 1. The van der Waals surface area contributed by atoms with Crippen LogP contribution in [0, 0.1) is 0 Å². The Kier molecular flexibility index (Phi) is 11.1. The summed E-state index contributed by atoms with van der Waals surface area (Å²) in [6, 6.07) is 6.85. The Morgan fingerprint density at radius 1 is 0.854 bits per heavy atom. The molecule has 1 fully saturated rings. The van der Waals surface area contributed by atoms with Crippen LogP contribution in [0.4, 0.5) is 23.7 Å². The summed E-state index contributed by atoms with van der Waals surface area (Å²) in [5, 5.41) is 5.11. The molecule has 1 aliphatic rings. The van der Waals surface area contributed by atoms with Gasteiger partial charge in [-0.05, 0) is 98.5 Å². The molecule has 0 unspecified atom stereocenters. The van der Waals surface area contributed by atoms with Gasteiger partial charge in [0.2, 0.25) is 0 Å². The minimum atomic E-state index is -5.07. The van der Waals surface area contributed by atoms with Gasteiger partial charge in [0.05, 0.1) is 23.9 Å². The predicted molar refractivity (Wildman–Crippen MR) is 172 cm³/mol. The monoisotopic (exact) mass is 680 g/mol. The van der Waals surface area contributed by atoms with Crippen molar-refractivity contribution in [3.8, 4) is 11.5 Å². The molecule has 0 aromatic heterocycles. The number of carbonyl (C=O) groups is 3. The Morgan fingerprint density at radius 3 is 1.96 bits per heavy atom. The van der Waals surface area contributed by atoms with Gasteiger partial charge in [-0.1, -0.05) is 12.1 Å². The highest BCUT2D eigenvalue weighted by molar-refractivity contribution is 6.62. The third-order valence-corrected chi connectivity index (χ3v) is 7.35. The minimum absolute atomic E-state index is 0.0781. The average molecular weight is 681 g/mol. The highest BCUT2D eigenvalue weighted by Gasteiger charge is 2.52. The second-order valence-electron chi connectivity index (χ2n) is 14.3. The second kappa shape index (κ2) is 13.9. The fourth-order valence-corrected chi connectivity index (χ4v) is 4.49. The van der Waals surface area contributed by atoms with Crippen LogP contribution in [0.1, 0.15) is 85.2 Å². The normalized spacial score (nSPS) is 16.5. The molecule has 0 radical (unpaired) electrons. The van der Waals surface area contributed by atoms with E-state index in [1.807, 2.05) is 27.7 Å². The summed E-state index contributed by atoms with van der Waals surface area (Å²) in [7, 11) is 0.408. The van der Waals surface area contributed by atoms with Crippen molar-refractivity contribution in [1.82, 2.24) is 5.32 Å². The molecule has 15 heteroatoms. The summed E-state index contributed by atoms with van der Waals surface area (Å²) in [6.45, 7) is 17.4. The fraction of sp³-hybridized carbons (Fsp3) is 0.545. The van der Waals surface area contributed by atoms with Gasteiger partial charge in [0.15, 0.2) is 0 Å². The minimum Gasteiger partial charge on any atom is -0.496 e. The lowest BCUT2D eigenvalue weighted by Crippen LogP contribution is -2.47. The fourth-order valence-electron chi connectivity index (χ4n) is 4.49. The van der Waals surface area contributed by atoms with Crippen molar-refractivity contribution >= 4 is 36.2 Å². The van der Waals surface area contributed by atoms with Gasteiger partial charge in [-0.15, -0.1) is 13.2 Å². The van der Waals surface area contributed by atoms with Gasteiger partial charge in [0, 0.05) is 18.2 Å². The molecule has 0 bridgehead atoms. The van der Waals surface area contributed by atoms with E-state index in [1.165, 1.54) is 37.4 Å². The molecule has 11 nitrogen and oxygen atoms in total. The topological polar surface area (TPSA) is 131 Å². The molecule has 48 heavy (non-hydrogen) atoms. The zero-order valence-corrected chi connectivity index (χ0v) is 29.1. The third-order valence-electron chi connectivity index (χ3n) is 7.35. The first-order valence-electron chi connectivity index (χ1n) is 15.2. The van der Waals surface area contributed by atoms with Crippen molar-refractivity contribution in [1.29, 1.82) is 0 Å². The number of hydrogen-bond donors (Lipinski definition) is 2. The number of halogens is 3. The number of alkyl halides is 3. The van der Waals surface area contributed by atoms with Gasteiger partial charge in [0.1, 0.15) is 28.7 Å². The SMILES string of the molecule is COc1cc(NC(=O)c2cc(B3OC(C)(C)C(C)(C)O3)ccc2OC(F)(F)F)ccc1C[C@H](NC(=O)OC(C)(C)C)C(=O)OC(C)(C)C. The number of nitrogens with one attached hydrogen (secondary N) is 2. The first-order chi connectivity index (χ1) is 21.8. The van der Waals surface area contributed by atoms with Crippen LogP contribution in [-0.4, -0.2) is 67.0 Å². The van der Waals surface area contributed by atoms with Crippen molar-refractivity contribution in [2.24, 2.45) is 0 Å². The molecule has 0 saturated carbocycles. The molecule has 1 saturated heterocycles. The van der Waals surface area contributed by atoms with Gasteiger partial charge in [-0.3, -0.25) is 4.79 Å². The molecule has 2 amide bonds. The summed E-state index contributed by atoms with van der Waals surface area (Å²) in [5.41, 5.74) is -2.64. The van der Waals surface area contributed by atoms with Crippen LogP contribution in [0.3, 0.4) is 0 Å². The Labute approximate surface area is 279 Å². The van der Waals surface area contributed by atoms with Crippen molar-refractivity contribution in [2.75, 3.05) is 12.4 Å². The molecular formula is C33H44BF3N2O9. The van der Waals surface area contributed by atoms with Crippen LogP contribution in [0.2, 0.25) is 0 Å². The molecule has 1 heterocycles. The lowest BCUT2D eigenvalue weighted by atomic mass is 9.78. The van der Waals surface area contributed by atoms with E-state index in [0.717, 1.165) is 6.07 Å². The molecule has 2 N–H and O–H groups in total. The highest BCUT2D eigenvalue weighted by atomic mass is 19.4. The number of rotatable bonds is 9. The van der Waals surface area contributed by atoms with E-state index in [4.69, 9.17) is 23.5 Å². The number of alkyl carbamates (subject to hydrolysis) is 1. The van der Waals surface area contributed by atoms with E-state index in [0.29, 0.717) is 11.0 Å². The van der Waals surface area contributed by atoms with Crippen LogP contribution in [-0.2, 0) is 30.0 Å². The van der Waals surface area contributed by atoms with E-state index in [9.17, 15) is 27.6 Å². The Bertz CT molecular complexity index is 1500. The van der Waals surface area contributed by atoms with Crippen molar-refractivity contribution in [3.05, 3.63) is 47.5 Å². The molecular weight excluding hydrogens is 636 g/mol. The van der Waals surface area contributed by atoms with E-state index in [-0.39, 0.29) is 17.9 Å². The number of anilines is 1. The second-order valence-corrected chi connectivity index (χ2v) is 14.3. The first-order valence-corrected chi connectivity index (χ1v) is 15.2. The Balaban J connectivity index is 1.91. The van der Waals surface area contributed by atoms with E-state index in [2.05, 4.69) is 15.4 Å². The van der Waals surface area contributed by atoms with Crippen LogP contribution >= 0.6 is 0 Å². The summed E-state index contributed by atoms with van der Waals surface area (Å²) in [6.07, 6.45) is -5.98. The van der Waals surface area contributed by atoms with E-state index >= 15 is 0 Å². The van der Waals surface area contributed by atoms with Crippen LogP contribution in [0.25, 0.3) is 0 Å². The molecule has 2 aromatic rings. The van der Waals surface area contributed by atoms with Gasteiger partial charge in [-0.25, -0.2) is 9.59 Å². The van der Waals surface area contributed by atoms with Crippen molar-refractivity contribution in [2.45, 2.75) is 110 Å². The molecule has 264 valence electrons. The third kappa shape index (κ3) is 10.5. The average Bonchev–Trinajstić information content (AvgIpc) is 3.12. The molecule has 1 atom stereocenters. The predicted octanol–water partition coefficient (Wildman–Crippen LogP) is 5.92. The molecule has 2 aromatic carbocycles. The standard InChI is InChI=1S/C33H44BF3N2O9/c1-29(2,3)45-27(41)23(39-28(42)46-30(4,5)6)16-19-12-14-21(18-25(19)43-11)38-26(40)22-17-20(13-15-24(22)44-33(35,36)37)34-47-31(7,8)32(9,10)48-34/h12-15,17-18,23H,16H2,1-11H3,(H,38,40)(H,39,42)/t23-/m0/s1. The zero-order valence-electron chi connectivity index (χ0n) is 29.1. The van der Waals surface area contributed by atoms with Crippen LogP contribution in [0.5, 0.6) is 11.5 Å². The number of carbonyl (C=O) groups excluding carboxylic acids is 3. The van der Waals surface area contributed by atoms with Gasteiger partial charge < -0.3 is 38.9 Å². The number of ether oxygens (including phenoxy) is 4. The number of hydrogen-bond acceptors (Lipinski definition) is 9. The number of esters is 1. The van der Waals surface area contributed by atoms with Crippen molar-refractivity contribution < 1.29 is 55.8 Å². The quantitative estimate of drug-likeness (QED) is 0.245. The summed E-state index contributed by atoms with van der Waals surface area (Å²) in [4.78, 5) is 39.1.